The largest absolute Gasteiger partial charge is 0.486 e. The van der Waals surface area contributed by atoms with Gasteiger partial charge in [-0.1, -0.05) is 0 Å². The van der Waals surface area contributed by atoms with Crippen molar-refractivity contribution >= 4 is 22.8 Å². The second kappa shape index (κ2) is 9.27. The zero-order valence-corrected chi connectivity index (χ0v) is 22.1. The third-order valence-electron chi connectivity index (χ3n) is 7.50. The van der Waals surface area contributed by atoms with Crippen LogP contribution in [0.3, 0.4) is 0 Å². The maximum Gasteiger partial charge on any atom is 0.409 e. The van der Waals surface area contributed by atoms with Gasteiger partial charge < -0.3 is 19.3 Å². The predicted octanol–water partition coefficient (Wildman–Crippen LogP) is 4.45. The van der Waals surface area contributed by atoms with E-state index in [1.807, 2.05) is 58.2 Å². The van der Waals surface area contributed by atoms with Gasteiger partial charge in [0.1, 0.15) is 23.4 Å². The summed E-state index contributed by atoms with van der Waals surface area (Å²) in [5.41, 5.74) is 5.85. The van der Waals surface area contributed by atoms with Gasteiger partial charge in [-0.2, -0.15) is 15.3 Å². The van der Waals surface area contributed by atoms with Crippen molar-refractivity contribution in [3.05, 3.63) is 59.5 Å². The van der Waals surface area contributed by atoms with Crippen LogP contribution < -0.4 is 9.64 Å². The number of carbonyl (C=O) groups is 1. The molecule has 2 aliphatic rings. The first-order valence-corrected chi connectivity index (χ1v) is 12.9. The maximum absolute atomic E-state index is 11.9. The second-order valence-corrected chi connectivity index (χ2v) is 10.4. The first-order valence-electron chi connectivity index (χ1n) is 12.9. The van der Waals surface area contributed by atoms with Crippen LogP contribution in [0.5, 0.6) is 5.75 Å². The summed E-state index contributed by atoms with van der Waals surface area (Å²) < 4.78 is 11.4. The van der Waals surface area contributed by atoms with Crippen LogP contribution in [0.2, 0.25) is 0 Å². The van der Waals surface area contributed by atoms with Crippen molar-refractivity contribution in [2.45, 2.75) is 33.8 Å². The molecule has 1 aromatic carbocycles. The summed E-state index contributed by atoms with van der Waals surface area (Å²) in [6.45, 7) is 11.5. The fourth-order valence-electron chi connectivity index (χ4n) is 5.72. The van der Waals surface area contributed by atoms with Crippen molar-refractivity contribution in [3.8, 4) is 17.0 Å². The summed E-state index contributed by atoms with van der Waals surface area (Å²) in [6.07, 6.45) is 3.25. The van der Waals surface area contributed by atoms with Gasteiger partial charge in [0.15, 0.2) is 0 Å². The van der Waals surface area contributed by atoms with Crippen LogP contribution in [0.15, 0.2) is 42.7 Å². The lowest BCUT2D eigenvalue weighted by Gasteiger charge is -2.59. The summed E-state index contributed by atoms with van der Waals surface area (Å²) in [5, 5.41) is 16.9. The number of anilines is 1. The highest BCUT2D eigenvalue weighted by Gasteiger charge is 2.54. The Kier molecular flexibility index (Phi) is 5.89. The Morgan fingerprint density at radius 3 is 2.66 bits per heavy atom. The molecule has 1 spiro atoms. The highest BCUT2D eigenvalue weighted by Crippen LogP contribution is 2.42. The molecule has 6 rings (SSSR count). The minimum Gasteiger partial charge on any atom is -0.486 e. The molecule has 1 amide bonds. The number of fused-ring (bicyclic) bond motifs is 1. The molecule has 0 radical (unpaired) electrons. The van der Waals surface area contributed by atoms with Crippen molar-refractivity contribution in [2.24, 2.45) is 5.41 Å². The van der Waals surface area contributed by atoms with Gasteiger partial charge in [-0.05, 0) is 63.6 Å². The minimum atomic E-state index is -0.215. The summed E-state index contributed by atoms with van der Waals surface area (Å²) in [4.78, 5) is 20.6. The highest BCUT2D eigenvalue weighted by molar-refractivity contribution is 5.93. The Morgan fingerprint density at radius 1 is 1.13 bits per heavy atom. The molecule has 1 unspecified atom stereocenters. The average Bonchev–Trinajstić information content (AvgIpc) is 3.26. The molecule has 38 heavy (non-hydrogen) atoms. The summed E-state index contributed by atoms with van der Waals surface area (Å²) in [6, 6.07) is 10.0. The molecule has 0 saturated carbocycles. The summed E-state index contributed by atoms with van der Waals surface area (Å²) >= 11 is 0. The number of aromatic nitrogens is 5. The van der Waals surface area contributed by atoms with Crippen LogP contribution in [-0.4, -0.2) is 69.2 Å². The Balaban J connectivity index is 1.14. The molecule has 3 aromatic heterocycles. The van der Waals surface area contributed by atoms with Gasteiger partial charge >= 0.3 is 6.09 Å². The zero-order valence-electron chi connectivity index (χ0n) is 22.1. The van der Waals surface area contributed by atoms with Crippen molar-refractivity contribution in [1.82, 2.24) is 30.3 Å². The number of pyridine rings is 1. The van der Waals surface area contributed by atoms with Crippen molar-refractivity contribution in [3.63, 3.8) is 0 Å². The van der Waals surface area contributed by atoms with E-state index in [1.54, 1.807) is 11.1 Å². The van der Waals surface area contributed by atoms with Gasteiger partial charge in [0.25, 0.3) is 0 Å². The number of likely N-dealkylation sites (tertiary alicyclic amines) is 1. The van der Waals surface area contributed by atoms with Crippen LogP contribution in [0.25, 0.3) is 22.2 Å². The van der Waals surface area contributed by atoms with Crippen molar-refractivity contribution < 1.29 is 14.3 Å². The first kappa shape index (κ1) is 24.1. The maximum atomic E-state index is 11.9. The number of nitrogens with zero attached hydrogens (tertiary/aromatic N) is 6. The van der Waals surface area contributed by atoms with Crippen LogP contribution in [0.4, 0.5) is 10.6 Å². The average molecular weight is 514 g/mol. The van der Waals surface area contributed by atoms with Crippen molar-refractivity contribution in [1.29, 1.82) is 0 Å². The van der Waals surface area contributed by atoms with E-state index in [2.05, 4.69) is 31.4 Å². The van der Waals surface area contributed by atoms with Gasteiger partial charge in [0.05, 0.1) is 24.0 Å². The molecule has 2 saturated heterocycles. The Labute approximate surface area is 221 Å². The smallest absolute Gasteiger partial charge is 0.409 e. The monoisotopic (exact) mass is 513 g/mol. The lowest BCUT2D eigenvalue weighted by molar-refractivity contribution is -0.0196. The molecule has 5 heterocycles. The number of aromatic amines is 1. The van der Waals surface area contributed by atoms with E-state index in [9.17, 15) is 4.79 Å². The van der Waals surface area contributed by atoms with E-state index < -0.39 is 0 Å². The van der Waals surface area contributed by atoms with E-state index in [1.165, 1.54) is 0 Å². The van der Waals surface area contributed by atoms with Gasteiger partial charge in [0, 0.05) is 54.3 Å². The lowest BCUT2D eigenvalue weighted by Crippen LogP contribution is -2.73. The molecular weight excluding hydrogens is 482 g/mol. The number of amides is 1. The SMILES string of the molecule is CCOC(=O)N1CC2(C1)CN(c1ccc(-c3n[nH]c4ccc(OC(C)c5c(C)cnnc5C)cc34)cn1)C2. The molecular formula is C28H31N7O3. The fourth-order valence-corrected chi connectivity index (χ4v) is 5.72. The van der Waals surface area contributed by atoms with Gasteiger partial charge in [0.2, 0.25) is 0 Å². The number of aryl methyl sites for hydroxylation is 2. The molecule has 4 aromatic rings. The number of rotatable bonds is 6. The molecule has 1 atom stereocenters. The number of hydrogen-bond donors (Lipinski definition) is 1. The Bertz CT molecular complexity index is 1470. The van der Waals surface area contributed by atoms with Crippen LogP contribution in [-0.2, 0) is 4.74 Å². The quantitative estimate of drug-likeness (QED) is 0.403. The summed E-state index contributed by atoms with van der Waals surface area (Å²) in [7, 11) is 0. The third-order valence-corrected chi connectivity index (χ3v) is 7.50. The molecule has 196 valence electrons. The van der Waals surface area contributed by atoms with Crippen molar-refractivity contribution in [2.75, 3.05) is 37.7 Å². The number of nitrogens with one attached hydrogen (secondary N) is 1. The molecule has 0 bridgehead atoms. The first-order chi connectivity index (χ1) is 18.4. The van der Waals surface area contributed by atoms with Crippen LogP contribution >= 0.6 is 0 Å². The Morgan fingerprint density at radius 2 is 1.95 bits per heavy atom. The normalized spacial score (nSPS) is 16.7. The molecule has 0 aliphatic carbocycles. The number of ether oxygens (including phenoxy) is 2. The minimum absolute atomic E-state index is 0.167. The Hall–Kier alpha value is -4.21. The zero-order chi connectivity index (χ0) is 26.4. The standard InChI is InChI=1S/C28H31N7O3/c1-5-37-27(36)35-15-28(16-35)13-34(14-28)24-9-6-20(12-29-24)26-22-10-21(7-8-23(22)32-33-26)38-19(4)25-17(2)11-30-31-18(25)3/h6-12,19H,5,13-16H2,1-4H3,(H,32,33). The molecule has 2 fully saturated rings. The number of H-pyrrole nitrogens is 1. The third kappa shape index (κ3) is 4.19. The topological polar surface area (TPSA) is 109 Å². The number of benzene rings is 1. The summed E-state index contributed by atoms with van der Waals surface area (Å²) in [5.74, 6) is 1.69. The van der Waals surface area contributed by atoms with Gasteiger partial charge in [-0.3, -0.25) is 5.10 Å². The van der Waals surface area contributed by atoms with E-state index in [4.69, 9.17) is 14.5 Å². The number of hydrogen-bond acceptors (Lipinski definition) is 8. The van der Waals surface area contributed by atoms with E-state index >= 15 is 0 Å². The highest BCUT2D eigenvalue weighted by atomic mass is 16.6. The van der Waals surface area contributed by atoms with Crippen LogP contribution in [0, 0.1) is 19.3 Å². The number of carbonyl (C=O) groups excluding carboxylic acids is 1. The molecule has 10 nitrogen and oxygen atoms in total. The van der Waals surface area contributed by atoms with Crippen LogP contribution in [0.1, 0.15) is 36.8 Å². The second-order valence-electron chi connectivity index (χ2n) is 10.4. The molecule has 1 N–H and O–H groups in total. The fraction of sp³-hybridized carbons (Fsp3) is 0.393. The predicted molar refractivity (Wildman–Crippen MR) is 143 cm³/mol. The lowest BCUT2D eigenvalue weighted by atomic mass is 9.73. The van der Waals surface area contributed by atoms with E-state index in [0.29, 0.717) is 6.61 Å². The molecule has 2 aliphatic heterocycles. The van der Waals surface area contributed by atoms with Gasteiger partial charge in [-0.25, -0.2) is 9.78 Å². The molecule has 10 heteroatoms. The van der Waals surface area contributed by atoms with E-state index in [-0.39, 0.29) is 17.6 Å². The van der Waals surface area contributed by atoms with E-state index in [0.717, 1.165) is 76.7 Å². The van der Waals surface area contributed by atoms with Gasteiger partial charge in [-0.15, -0.1) is 0 Å².